The average molecular weight is 409 g/mol. The monoisotopic (exact) mass is 408 g/mol. The zero-order chi connectivity index (χ0) is 20.7. The fourth-order valence-corrected chi connectivity index (χ4v) is 5.63. The highest BCUT2D eigenvalue weighted by molar-refractivity contribution is 8.01. The molecule has 1 aliphatic heterocycles. The quantitative estimate of drug-likeness (QED) is 0.306. The molecular weight excluding hydrogens is 380 g/mol. The van der Waals surface area contributed by atoms with Crippen molar-refractivity contribution in [2.24, 2.45) is 22.7 Å². The Morgan fingerprint density at radius 3 is 2.61 bits per heavy atom. The van der Waals surface area contributed by atoms with Crippen molar-refractivity contribution in [3.8, 4) is 0 Å². The SMILES string of the molecule is C=C1COC(=O)[C@@]12C[C@]1(C)[C@@H]([C@H](OC(=O)/C=C\SC)CC[C@H]1C)[C@@H]2OC(C)=O. The number of hydrogen-bond donors (Lipinski definition) is 0. The highest BCUT2D eigenvalue weighted by Gasteiger charge is 2.71. The molecule has 154 valence electrons. The van der Waals surface area contributed by atoms with Gasteiger partial charge in [-0.2, -0.15) is 0 Å². The van der Waals surface area contributed by atoms with Crippen molar-refractivity contribution in [2.75, 3.05) is 12.9 Å². The minimum absolute atomic E-state index is 0.134. The molecule has 0 N–H and O–H groups in total. The molecule has 0 unspecified atom stereocenters. The number of ether oxygens (including phenoxy) is 3. The maximum absolute atomic E-state index is 12.9. The standard InChI is InChI=1S/C21H28O6S/c1-12-6-7-15(27-16(23)8-9-28-5)17-18(26-14(3)22)21(11-20(12,17)4)13(2)10-25-19(21)24/h8-9,12,15,17-18H,2,6-7,10-11H2,1,3-5H3/b9-8-/t12-,15-,17+,18+,20+,21+/m1/s1. The minimum Gasteiger partial charge on any atom is -0.461 e. The van der Waals surface area contributed by atoms with E-state index >= 15 is 0 Å². The zero-order valence-electron chi connectivity index (χ0n) is 16.9. The molecule has 3 fully saturated rings. The predicted octanol–water partition coefficient (Wildman–Crippen LogP) is 3.26. The van der Waals surface area contributed by atoms with Crippen LogP contribution in [-0.4, -0.2) is 43.0 Å². The molecule has 2 saturated carbocycles. The number of esters is 3. The van der Waals surface area contributed by atoms with Gasteiger partial charge >= 0.3 is 17.9 Å². The number of fused-ring (bicyclic) bond motifs is 1. The lowest BCUT2D eigenvalue weighted by Gasteiger charge is -2.46. The Labute approximate surface area is 170 Å². The summed E-state index contributed by atoms with van der Waals surface area (Å²) in [6.07, 6.45) is 4.08. The van der Waals surface area contributed by atoms with Crippen LogP contribution < -0.4 is 0 Å². The second kappa shape index (κ2) is 7.58. The van der Waals surface area contributed by atoms with E-state index in [1.807, 2.05) is 6.26 Å². The topological polar surface area (TPSA) is 78.9 Å². The summed E-state index contributed by atoms with van der Waals surface area (Å²) in [5.74, 6) is -1.31. The van der Waals surface area contributed by atoms with E-state index in [0.717, 1.165) is 6.42 Å². The van der Waals surface area contributed by atoms with E-state index in [9.17, 15) is 14.4 Å². The van der Waals surface area contributed by atoms with Gasteiger partial charge in [-0.1, -0.05) is 20.4 Å². The molecule has 0 amide bonds. The minimum atomic E-state index is -1.07. The number of rotatable bonds is 4. The molecule has 28 heavy (non-hydrogen) atoms. The van der Waals surface area contributed by atoms with Gasteiger partial charge in [0.05, 0.1) is 0 Å². The second-order valence-electron chi connectivity index (χ2n) is 8.38. The van der Waals surface area contributed by atoms with Gasteiger partial charge in [-0.3, -0.25) is 9.59 Å². The van der Waals surface area contributed by atoms with Crippen molar-refractivity contribution in [2.45, 2.75) is 52.2 Å². The van der Waals surface area contributed by atoms with Crippen molar-refractivity contribution in [3.63, 3.8) is 0 Å². The molecule has 3 rings (SSSR count). The summed E-state index contributed by atoms with van der Waals surface area (Å²) in [7, 11) is 0. The molecule has 7 heteroatoms. The van der Waals surface area contributed by atoms with Crippen molar-refractivity contribution in [3.05, 3.63) is 23.6 Å². The van der Waals surface area contributed by atoms with E-state index in [1.165, 1.54) is 24.8 Å². The van der Waals surface area contributed by atoms with Crippen LogP contribution in [0.1, 0.15) is 40.0 Å². The first kappa shape index (κ1) is 21.0. The number of carbonyl (C=O) groups excluding carboxylic acids is 3. The van der Waals surface area contributed by atoms with Gasteiger partial charge in [0.1, 0.15) is 24.2 Å². The van der Waals surface area contributed by atoms with Gasteiger partial charge < -0.3 is 14.2 Å². The summed E-state index contributed by atoms with van der Waals surface area (Å²) in [5, 5.41) is 1.67. The van der Waals surface area contributed by atoms with Crippen LogP contribution in [-0.2, 0) is 28.6 Å². The number of hydrogen-bond acceptors (Lipinski definition) is 7. The predicted molar refractivity (Wildman–Crippen MR) is 105 cm³/mol. The summed E-state index contributed by atoms with van der Waals surface area (Å²) < 4.78 is 16.9. The molecule has 1 saturated heterocycles. The lowest BCUT2D eigenvalue weighted by atomic mass is 9.61. The zero-order valence-corrected chi connectivity index (χ0v) is 17.7. The van der Waals surface area contributed by atoms with Gasteiger partial charge in [0, 0.05) is 18.9 Å². The summed E-state index contributed by atoms with van der Waals surface area (Å²) in [4.78, 5) is 37.1. The van der Waals surface area contributed by atoms with Crippen molar-refractivity contribution in [1.29, 1.82) is 0 Å². The van der Waals surface area contributed by atoms with Crippen LogP contribution in [0.4, 0.5) is 0 Å². The van der Waals surface area contributed by atoms with Gasteiger partial charge in [0.2, 0.25) is 0 Å². The third-order valence-corrected chi connectivity index (χ3v) is 7.33. The average Bonchev–Trinajstić information content (AvgIpc) is 3.06. The van der Waals surface area contributed by atoms with Crippen LogP contribution >= 0.6 is 11.8 Å². The van der Waals surface area contributed by atoms with Gasteiger partial charge in [-0.15, -0.1) is 11.8 Å². The Bertz CT molecular complexity index is 712. The maximum atomic E-state index is 12.9. The van der Waals surface area contributed by atoms with Crippen LogP contribution in [0.2, 0.25) is 0 Å². The van der Waals surface area contributed by atoms with Crippen LogP contribution in [0, 0.1) is 22.7 Å². The molecule has 2 aliphatic carbocycles. The Kier molecular flexibility index (Phi) is 5.67. The van der Waals surface area contributed by atoms with Crippen LogP contribution in [0.5, 0.6) is 0 Å². The fourth-order valence-electron chi connectivity index (χ4n) is 5.38. The third kappa shape index (κ3) is 3.17. The highest BCUT2D eigenvalue weighted by Crippen LogP contribution is 2.66. The van der Waals surface area contributed by atoms with E-state index in [1.54, 1.807) is 5.41 Å². The lowest BCUT2D eigenvalue weighted by Crippen LogP contribution is -2.50. The summed E-state index contributed by atoms with van der Waals surface area (Å²) in [5.41, 5.74) is -0.776. The van der Waals surface area contributed by atoms with E-state index in [-0.39, 0.29) is 29.8 Å². The summed E-state index contributed by atoms with van der Waals surface area (Å²) in [6.45, 7) is 9.79. The number of thioether (sulfide) groups is 1. The number of carbonyl (C=O) groups is 3. The van der Waals surface area contributed by atoms with Crippen LogP contribution in [0.25, 0.3) is 0 Å². The Balaban J connectivity index is 2.03. The molecule has 1 spiro atoms. The molecule has 0 aromatic carbocycles. The first-order valence-electron chi connectivity index (χ1n) is 9.59. The van der Waals surface area contributed by atoms with Crippen LogP contribution in [0.15, 0.2) is 23.6 Å². The van der Waals surface area contributed by atoms with E-state index in [2.05, 4.69) is 20.4 Å². The maximum Gasteiger partial charge on any atom is 0.331 e. The first-order valence-corrected chi connectivity index (χ1v) is 10.9. The molecular formula is C21H28O6S. The van der Waals surface area contributed by atoms with E-state index < -0.39 is 29.6 Å². The number of cyclic esters (lactones) is 1. The summed E-state index contributed by atoms with van der Waals surface area (Å²) in [6, 6.07) is 0. The molecule has 0 aromatic rings. The molecule has 0 aromatic heterocycles. The highest BCUT2D eigenvalue weighted by atomic mass is 32.2. The van der Waals surface area contributed by atoms with Gasteiger partial charge in [0.15, 0.2) is 0 Å². The smallest absolute Gasteiger partial charge is 0.331 e. The molecule has 6 nitrogen and oxygen atoms in total. The normalized spacial score (nSPS) is 39.9. The molecule has 1 heterocycles. The van der Waals surface area contributed by atoms with Crippen molar-refractivity contribution >= 4 is 29.7 Å². The van der Waals surface area contributed by atoms with Crippen LogP contribution in [0.3, 0.4) is 0 Å². The third-order valence-electron chi connectivity index (χ3n) is 6.92. The summed E-state index contributed by atoms with van der Waals surface area (Å²) >= 11 is 1.41. The molecule has 3 aliphatic rings. The Hall–Kier alpha value is -1.76. The van der Waals surface area contributed by atoms with Crippen molar-refractivity contribution < 1.29 is 28.6 Å². The van der Waals surface area contributed by atoms with Gasteiger partial charge in [-0.25, -0.2) is 4.79 Å². The Morgan fingerprint density at radius 2 is 2.04 bits per heavy atom. The molecule has 0 bridgehead atoms. The van der Waals surface area contributed by atoms with Gasteiger partial charge in [-0.05, 0) is 47.8 Å². The first-order chi connectivity index (χ1) is 13.2. The molecule has 0 radical (unpaired) electrons. The fraction of sp³-hybridized carbons (Fsp3) is 0.667. The lowest BCUT2D eigenvalue weighted by molar-refractivity contribution is -0.172. The van der Waals surface area contributed by atoms with Crippen molar-refractivity contribution in [1.82, 2.24) is 0 Å². The van der Waals surface area contributed by atoms with E-state index in [0.29, 0.717) is 18.4 Å². The molecule has 6 atom stereocenters. The largest absolute Gasteiger partial charge is 0.461 e. The second-order valence-corrected chi connectivity index (χ2v) is 9.13. The Morgan fingerprint density at radius 1 is 1.32 bits per heavy atom. The van der Waals surface area contributed by atoms with Gasteiger partial charge in [0.25, 0.3) is 0 Å². The van der Waals surface area contributed by atoms with E-state index in [4.69, 9.17) is 14.2 Å².